The number of aromatic hydroxyl groups is 1. The van der Waals surface area contributed by atoms with Crippen molar-refractivity contribution in [2.75, 3.05) is 5.73 Å². The number of hydrogen-bond donors (Lipinski definition) is 3. The van der Waals surface area contributed by atoms with Crippen LogP contribution in [-0.4, -0.2) is 20.8 Å². The highest BCUT2D eigenvalue weighted by atomic mass is 16.3. The minimum atomic E-state index is -0.593. The first kappa shape index (κ1) is 17.8. The fourth-order valence-corrected chi connectivity index (χ4v) is 2.84. The van der Waals surface area contributed by atoms with Crippen LogP contribution in [0.5, 0.6) is 5.75 Å². The molecule has 24 heavy (non-hydrogen) atoms. The van der Waals surface area contributed by atoms with E-state index >= 15 is 0 Å². The Kier molecular flexibility index (Phi) is 6.23. The van der Waals surface area contributed by atoms with E-state index in [9.17, 15) is 9.90 Å². The van der Waals surface area contributed by atoms with Gasteiger partial charge in [0.1, 0.15) is 11.3 Å². The molecule has 1 aromatic heterocycles. The van der Waals surface area contributed by atoms with Crippen LogP contribution in [0.4, 0.5) is 5.82 Å². The number of nitrogens with two attached hydrogens (primary N) is 2. The van der Waals surface area contributed by atoms with E-state index in [-0.39, 0.29) is 17.1 Å². The normalized spacial score (nSPS) is 10.9. The van der Waals surface area contributed by atoms with Crippen molar-refractivity contribution in [2.24, 2.45) is 5.73 Å². The van der Waals surface area contributed by atoms with Gasteiger partial charge < -0.3 is 16.6 Å². The zero-order valence-corrected chi connectivity index (χ0v) is 14.2. The van der Waals surface area contributed by atoms with Gasteiger partial charge in [0.15, 0.2) is 5.82 Å². The summed E-state index contributed by atoms with van der Waals surface area (Å²) in [6.07, 6.45) is 7.01. The number of anilines is 1. The molecule has 5 N–H and O–H groups in total. The quantitative estimate of drug-likeness (QED) is 0.613. The number of primary amides is 1. The van der Waals surface area contributed by atoms with Gasteiger partial charge in [0.25, 0.3) is 5.91 Å². The third-order valence-corrected chi connectivity index (χ3v) is 4.09. The average molecular weight is 330 g/mol. The molecule has 1 amide bonds. The monoisotopic (exact) mass is 330 g/mol. The van der Waals surface area contributed by atoms with E-state index in [0.29, 0.717) is 12.2 Å². The lowest BCUT2D eigenvalue weighted by Crippen LogP contribution is -2.14. The molecule has 0 saturated heterocycles. The maximum absolute atomic E-state index is 11.8. The zero-order valence-electron chi connectivity index (χ0n) is 14.2. The van der Waals surface area contributed by atoms with Gasteiger partial charge in [-0.2, -0.15) is 5.10 Å². The second-order valence-corrected chi connectivity index (χ2v) is 6.01. The molecule has 0 spiro atoms. The first-order chi connectivity index (χ1) is 11.5. The summed E-state index contributed by atoms with van der Waals surface area (Å²) in [6.45, 7) is 2.88. The number of hydrogen-bond acceptors (Lipinski definition) is 4. The molecule has 0 aliphatic carbocycles. The van der Waals surface area contributed by atoms with Gasteiger partial charge in [0, 0.05) is 12.1 Å². The number of amides is 1. The highest BCUT2D eigenvalue weighted by molar-refractivity contribution is 6.03. The largest absolute Gasteiger partial charge is 0.508 e. The number of phenols is 1. The van der Waals surface area contributed by atoms with Crippen LogP contribution in [0.2, 0.25) is 0 Å². The highest BCUT2D eigenvalue weighted by Gasteiger charge is 2.21. The molecule has 0 aliphatic heterocycles. The Labute approximate surface area is 142 Å². The van der Waals surface area contributed by atoms with Crippen molar-refractivity contribution < 1.29 is 9.90 Å². The number of nitrogen functional groups attached to an aromatic ring is 1. The van der Waals surface area contributed by atoms with Crippen LogP contribution >= 0.6 is 0 Å². The molecule has 2 rings (SSSR count). The van der Waals surface area contributed by atoms with Gasteiger partial charge in [-0.25, -0.2) is 0 Å². The van der Waals surface area contributed by atoms with Crippen LogP contribution in [0.25, 0.3) is 11.3 Å². The second kappa shape index (κ2) is 8.38. The van der Waals surface area contributed by atoms with Crippen LogP contribution < -0.4 is 11.5 Å². The number of carbonyl (C=O) groups excluding carboxylic acids is 1. The summed E-state index contributed by atoms with van der Waals surface area (Å²) in [7, 11) is 0. The van der Waals surface area contributed by atoms with Gasteiger partial charge >= 0.3 is 0 Å². The van der Waals surface area contributed by atoms with E-state index in [1.807, 2.05) is 0 Å². The van der Waals surface area contributed by atoms with Crippen LogP contribution in [0.15, 0.2) is 24.3 Å². The lowest BCUT2D eigenvalue weighted by Gasteiger charge is -2.09. The number of aromatic nitrogens is 2. The Morgan fingerprint density at radius 3 is 2.38 bits per heavy atom. The molecule has 130 valence electrons. The van der Waals surface area contributed by atoms with E-state index in [1.165, 1.54) is 25.7 Å². The molecule has 1 aromatic carbocycles. The molecule has 0 fully saturated rings. The summed E-state index contributed by atoms with van der Waals surface area (Å²) in [5.41, 5.74) is 13.0. The lowest BCUT2D eigenvalue weighted by molar-refractivity contribution is 0.100. The summed E-state index contributed by atoms with van der Waals surface area (Å²) in [5.74, 6) is -0.282. The van der Waals surface area contributed by atoms with Crippen molar-refractivity contribution in [3.63, 3.8) is 0 Å². The first-order valence-corrected chi connectivity index (χ1v) is 8.50. The van der Waals surface area contributed by atoms with Crippen molar-refractivity contribution in [1.82, 2.24) is 9.78 Å². The molecule has 6 heteroatoms. The van der Waals surface area contributed by atoms with Crippen LogP contribution in [0.1, 0.15) is 55.8 Å². The third-order valence-electron chi connectivity index (χ3n) is 4.09. The summed E-state index contributed by atoms with van der Waals surface area (Å²) < 4.78 is 1.75. The second-order valence-electron chi connectivity index (χ2n) is 6.01. The van der Waals surface area contributed by atoms with Gasteiger partial charge in [-0.3, -0.25) is 9.48 Å². The Morgan fingerprint density at radius 1 is 1.12 bits per heavy atom. The van der Waals surface area contributed by atoms with Crippen molar-refractivity contribution in [3.05, 3.63) is 29.8 Å². The van der Waals surface area contributed by atoms with Gasteiger partial charge in [0.05, 0.1) is 5.69 Å². The van der Waals surface area contributed by atoms with Crippen LogP contribution in [0.3, 0.4) is 0 Å². The van der Waals surface area contributed by atoms with E-state index < -0.39 is 5.91 Å². The Hall–Kier alpha value is -2.50. The highest BCUT2D eigenvalue weighted by Crippen LogP contribution is 2.29. The molecule has 0 atom stereocenters. The summed E-state index contributed by atoms with van der Waals surface area (Å²) >= 11 is 0. The number of nitrogens with zero attached hydrogens (tertiary/aromatic N) is 2. The van der Waals surface area contributed by atoms with Gasteiger partial charge in [0.2, 0.25) is 0 Å². The molecule has 0 saturated carbocycles. The molecular formula is C18H26N4O2. The molecule has 0 aliphatic rings. The number of unbranched alkanes of at least 4 members (excludes halogenated alkanes) is 5. The summed E-state index contributed by atoms with van der Waals surface area (Å²) in [6, 6.07) is 6.60. The molecule has 0 unspecified atom stereocenters. The topological polar surface area (TPSA) is 107 Å². The molecule has 2 aromatic rings. The van der Waals surface area contributed by atoms with Crippen molar-refractivity contribution in [2.45, 2.75) is 52.0 Å². The number of rotatable bonds is 9. The van der Waals surface area contributed by atoms with Gasteiger partial charge in [-0.05, 0) is 30.7 Å². The number of benzene rings is 1. The van der Waals surface area contributed by atoms with Crippen molar-refractivity contribution >= 4 is 11.7 Å². The molecule has 0 bridgehead atoms. The van der Waals surface area contributed by atoms with Crippen LogP contribution in [-0.2, 0) is 6.54 Å². The molecular weight excluding hydrogens is 304 g/mol. The molecule has 1 heterocycles. The lowest BCUT2D eigenvalue weighted by atomic mass is 10.1. The zero-order chi connectivity index (χ0) is 17.5. The number of aryl methyl sites for hydroxylation is 1. The average Bonchev–Trinajstić information content (AvgIpc) is 2.88. The minimum absolute atomic E-state index is 0.150. The third kappa shape index (κ3) is 4.28. The predicted octanol–water partition coefficient (Wildman–Crippen LogP) is 3.30. The minimum Gasteiger partial charge on any atom is -0.508 e. The molecule has 6 nitrogen and oxygen atoms in total. The standard InChI is InChI=1S/C18H26N4O2/c1-2-3-4-5-6-7-12-22-16(13-8-10-14(23)11-9-13)15(18(20)24)17(19)21-22/h8-11,23H,2-7,12H2,1H3,(H2,19,21)(H2,20,24). The van der Waals surface area contributed by atoms with Gasteiger partial charge in [-0.15, -0.1) is 0 Å². The smallest absolute Gasteiger partial charge is 0.254 e. The van der Waals surface area contributed by atoms with E-state index in [4.69, 9.17) is 11.5 Å². The maximum atomic E-state index is 11.8. The van der Waals surface area contributed by atoms with Crippen LogP contribution in [0, 0.1) is 0 Å². The maximum Gasteiger partial charge on any atom is 0.254 e. The Morgan fingerprint density at radius 2 is 1.75 bits per heavy atom. The van der Waals surface area contributed by atoms with Crippen molar-refractivity contribution in [3.8, 4) is 17.0 Å². The Bertz CT molecular complexity index is 677. The van der Waals surface area contributed by atoms with Crippen molar-refractivity contribution in [1.29, 1.82) is 0 Å². The molecule has 0 radical (unpaired) electrons. The first-order valence-electron chi connectivity index (χ1n) is 8.50. The van der Waals surface area contributed by atoms with Gasteiger partial charge in [-0.1, -0.05) is 39.0 Å². The number of phenolic OH excluding ortho intramolecular Hbond substituents is 1. The van der Waals surface area contributed by atoms with E-state index in [0.717, 1.165) is 18.4 Å². The summed E-state index contributed by atoms with van der Waals surface area (Å²) in [4.78, 5) is 11.8. The summed E-state index contributed by atoms with van der Waals surface area (Å²) in [5, 5.41) is 13.8. The fourth-order valence-electron chi connectivity index (χ4n) is 2.84. The number of carbonyl (C=O) groups is 1. The van der Waals surface area contributed by atoms with E-state index in [1.54, 1.807) is 28.9 Å². The predicted molar refractivity (Wildman–Crippen MR) is 95.6 cm³/mol. The SMILES string of the molecule is CCCCCCCCn1nc(N)c(C(N)=O)c1-c1ccc(O)cc1. The Balaban J connectivity index is 2.20. The van der Waals surface area contributed by atoms with E-state index in [2.05, 4.69) is 12.0 Å². The fraction of sp³-hybridized carbons (Fsp3) is 0.444.